The lowest BCUT2D eigenvalue weighted by atomic mass is 10.3. The Kier molecular flexibility index (Phi) is 6.45. The highest BCUT2D eigenvalue weighted by molar-refractivity contribution is 7.91. The average Bonchev–Trinajstić information content (AvgIpc) is 2.36. The van der Waals surface area contributed by atoms with Crippen molar-refractivity contribution < 1.29 is 17.9 Å². The molecule has 1 aromatic rings. The predicted octanol–water partition coefficient (Wildman–Crippen LogP) is 2.74. The first-order valence-corrected chi connectivity index (χ1v) is 8.27. The van der Waals surface area contributed by atoms with Gasteiger partial charge in [-0.1, -0.05) is 18.5 Å². The third-order valence-electron chi connectivity index (χ3n) is 2.43. The second-order valence-electron chi connectivity index (χ2n) is 4.07. The van der Waals surface area contributed by atoms with E-state index >= 15 is 0 Å². The Morgan fingerprint density at radius 3 is 2.74 bits per heavy atom. The molecule has 0 aromatic heterocycles. The zero-order valence-electron chi connectivity index (χ0n) is 11.1. The third-order valence-corrected chi connectivity index (χ3v) is 4.67. The molecule has 107 valence electrons. The third kappa shape index (κ3) is 5.70. The molecule has 0 bridgehead atoms. The van der Waals surface area contributed by atoms with Crippen LogP contribution in [0.2, 0.25) is 5.02 Å². The van der Waals surface area contributed by atoms with E-state index in [1.54, 1.807) is 12.1 Å². The maximum atomic E-state index is 11.5. The second-order valence-corrected chi connectivity index (χ2v) is 6.78. The molecule has 0 unspecified atom stereocenters. The summed E-state index contributed by atoms with van der Waals surface area (Å²) in [7, 11) is -1.42. The molecule has 6 heteroatoms. The molecule has 0 atom stereocenters. The van der Waals surface area contributed by atoms with Gasteiger partial charge in [-0.15, -0.1) is 0 Å². The number of rotatable bonds is 8. The first kappa shape index (κ1) is 16.1. The van der Waals surface area contributed by atoms with Gasteiger partial charge in [0.1, 0.15) is 21.3 Å². The van der Waals surface area contributed by atoms with Crippen LogP contribution in [-0.2, 0) is 9.84 Å². The fourth-order valence-electron chi connectivity index (χ4n) is 1.54. The van der Waals surface area contributed by atoms with Crippen LogP contribution in [0.1, 0.15) is 19.8 Å². The minimum Gasteiger partial charge on any atom is -0.496 e. The first-order chi connectivity index (χ1) is 8.98. The fraction of sp³-hybridized carbons (Fsp3) is 0.538. The standard InChI is InChI=1S/C13H18ClO4S/c1-3-8-19(15,16)9-4-7-18-13-10-11(17-2)5-6-12(13)14/h6,10H,3-4,7-9H2,1-2H3. The fourth-order valence-corrected chi connectivity index (χ4v) is 3.09. The summed E-state index contributed by atoms with van der Waals surface area (Å²) in [5.74, 6) is 1.36. The van der Waals surface area contributed by atoms with Crippen molar-refractivity contribution >= 4 is 21.4 Å². The molecule has 0 aliphatic heterocycles. The topological polar surface area (TPSA) is 52.6 Å². The van der Waals surface area contributed by atoms with E-state index in [2.05, 4.69) is 6.07 Å². The highest BCUT2D eigenvalue weighted by atomic mass is 35.5. The van der Waals surface area contributed by atoms with Gasteiger partial charge in [-0.25, -0.2) is 8.42 Å². The number of benzene rings is 1. The molecule has 0 aliphatic carbocycles. The van der Waals surface area contributed by atoms with Gasteiger partial charge < -0.3 is 9.47 Å². The van der Waals surface area contributed by atoms with Crippen molar-refractivity contribution in [2.24, 2.45) is 0 Å². The zero-order valence-corrected chi connectivity index (χ0v) is 12.7. The van der Waals surface area contributed by atoms with Crippen molar-refractivity contribution in [2.45, 2.75) is 19.8 Å². The molecule has 1 radical (unpaired) electrons. The smallest absolute Gasteiger partial charge is 0.150 e. The number of halogens is 1. The Labute approximate surface area is 119 Å². The van der Waals surface area contributed by atoms with E-state index in [-0.39, 0.29) is 11.5 Å². The van der Waals surface area contributed by atoms with Gasteiger partial charge in [-0.3, -0.25) is 0 Å². The van der Waals surface area contributed by atoms with E-state index in [1.807, 2.05) is 6.92 Å². The Balaban J connectivity index is 2.45. The minimum absolute atomic E-state index is 0.133. The van der Waals surface area contributed by atoms with Crippen LogP contribution in [0.15, 0.2) is 12.1 Å². The molecule has 0 N–H and O–H groups in total. The van der Waals surface area contributed by atoms with Crippen molar-refractivity contribution in [3.05, 3.63) is 23.2 Å². The lowest BCUT2D eigenvalue weighted by molar-refractivity contribution is 0.315. The van der Waals surface area contributed by atoms with E-state index in [9.17, 15) is 8.42 Å². The van der Waals surface area contributed by atoms with E-state index < -0.39 is 9.84 Å². The second kappa shape index (κ2) is 7.60. The number of hydrogen-bond donors (Lipinski definition) is 0. The maximum Gasteiger partial charge on any atom is 0.150 e. The monoisotopic (exact) mass is 305 g/mol. The molecule has 0 heterocycles. The predicted molar refractivity (Wildman–Crippen MR) is 75.9 cm³/mol. The van der Waals surface area contributed by atoms with Crippen LogP contribution in [0.4, 0.5) is 0 Å². The molecule has 19 heavy (non-hydrogen) atoms. The molecular formula is C13H18ClO4S. The number of ether oxygens (including phenoxy) is 2. The van der Waals surface area contributed by atoms with Crippen LogP contribution in [0, 0.1) is 6.07 Å². The van der Waals surface area contributed by atoms with Gasteiger partial charge in [0.25, 0.3) is 0 Å². The summed E-state index contributed by atoms with van der Waals surface area (Å²) in [6.45, 7) is 2.15. The number of methoxy groups -OCH3 is 1. The molecule has 0 saturated heterocycles. The van der Waals surface area contributed by atoms with E-state index in [0.717, 1.165) is 0 Å². The minimum atomic E-state index is -2.95. The van der Waals surface area contributed by atoms with E-state index in [1.165, 1.54) is 7.11 Å². The highest BCUT2D eigenvalue weighted by Crippen LogP contribution is 2.28. The SMILES string of the molecule is CCCS(=O)(=O)CCCOc1cc(OC)[c]cc1Cl. The molecule has 0 saturated carbocycles. The summed E-state index contributed by atoms with van der Waals surface area (Å²) in [5, 5.41) is 0.428. The highest BCUT2D eigenvalue weighted by Gasteiger charge is 2.09. The summed E-state index contributed by atoms with van der Waals surface area (Å²) < 4.78 is 33.5. The molecule has 0 spiro atoms. The largest absolute Gasteiger partial charge is 0.496 e. The normalized spacial score (nSPS) is 11.3. The van der Waals surface area contributed by atoms with Crippen LogP contribution >= 0.6 is 11.6 Å². The molecule has 0 aliphatic rings. The quantitative estimate of drug-likeness (QED) is 0.693. The number of sulfone groups is 1. The van der Waals surface area contributed by atoms with E-state index in [0.29, 0.717) is 36.0 Å². The van der Waals surface area contributed by atoms with Gasteiger partial charge in [0, 0.05) is 17.9 Å². The summed E-state index contributed by atoms with van der Waals surface area (Å²) in [6.07, 6.45) is 1.08. The Morgan fingerprint density at radius 1 is 1.37 bits per heavy atom. The Morgan fingerprint density at radius 2 is 2.11 bits per heavy atom. The van der Waals surface area contributed by atoms with Gasteiger partial charge in [0.15, 0.2) is 0 Å². The molecular weight excluding hydrogens is 288 g/mol. The van der Waals surface area contributed by atoms with Crippen molar-refractivity contribution in [1.82, 2.24) is 0 Å². The molecule has 0 fully saturated rings. The van der Waals surface area contributed by atoms with Gasteiger partial charge in [0.05, 0.1) is 24.5 Å². The molecule has 1 rings (SSSR count). The van der Waals surface area contributed by atoms with Crippen molar-refractivity contribution in [3.8, 4) is 11.5 Å². The van der Waals surface area contributed by atoms with Crippen molar-refractivity contribution in [2.75, 3.05) is 25.2 Å². The lowest BCUT2D eigenvalue weighted by Gasteiger charge is -2.09. The van der Waals surface area contributed by atoms with Crippen LogP contribution in [0.5, 0.6) is 11.5 Å². The first-order valence-electron chi connectivity index (χ1n) is 6.07. The van der Waals surface area contributed by atoms with Crippen LogP contribution in [0.3, 0.4) is 0 Å². The number of hydrogen-bond acceptors (Lipinski definition) is 4. The van der Waals surface area contributed by atoms with Crippen LogP contribution in [0.25, 0.3) is 0 Å². The van der Waals surface area contributed by atoms with Gasteiger partial charge in [0.2, 0.25) is 0 Å². The zero-order chi connectivity index (χ0) is 14.3. The summed E-state index contributed by atoms with van der Waals surface area (Å²) in [5.41, 5.74) is 0. The van der Waals surface area contributed by atoms with Gasteiger partial charge >= 0.3 is 0 Å². The summed E-state index contributed by atoms with van der Waals surface area (Å²) in [4.78, 5) is 0. The Hall–Kier alpha value is -0.940. The molecule has 0 amide bonds. The van der Waals surface area contributed by atoms with Crippen molar-refractivity contribution in [3.63, 3.8) is 0 Å². The molecule has 1 aromatic carbocycles. The van der Waals surface area contributed by atoms with Crippen molar-refractivity contribution in [1.29, 1.82) is 0 Å². The molecule has 4 nitrogen and oxygen atoms in total. The maximum absolute atomic E-state index is 11.5. The summed E-state index contributed by atoms with van der Waals surface area (Å²) in [6, 6.07) is 6.02. The van der Waals surface area contributed by atoms with Crippen LogP contribution < -0.4 is 9.47 Å². The average molecular weight is 306 g/mol. The van der Waals surface area contributed by atoms with Gasteiger partial charge in [-0.05, 0) is 18.9 Å². The summed E-state index contributed by atoms with van der Waals surface area (Å²) >= 11 is 5.94. The Bertz CT molecular complexity index is 499. The van der Waals surface area contributed by atoms with Gasteiger partial charge in [-0.2, -0.15) is 0 Å². The van der Waals surface area contributed by atoms with Crippen LogP contribution in [-0.4, -0.2) is 33.6 Å². The lowest BCUT2D eigenvalue weighted by Crippen LogP contribution is -2.13. The van der Waals surface area contributed by atoms with E-state index in [4.69, 9.17) is 21.1 Å².